The second-order valence-corrected chi connectivity index (χ2v) is 7.91. The quantitative estimate of drug-likeness (QED) is 0.382. The molecule has 1 N–H and O–H groups in total. The number of aromatic nitrogens is 6. The number of benzene rings is 3. The minimum atomic E-state index is -0.255. The molecule has 0 amide bonds. The van der Waals surface area contributed by atoms with Crippen molar-refractivity contribution in [3.63, 3.8) is 0 Å². The van der Waals surface area contributed by atoms with E-state index in [1.807, 2.05) is 47.1 Å². The summed E-state index contributed by atoms with van der Waals surface area (Å²) in [4.78, 5) is 8.81. The van der Waals surface area contributed by atoms with Crippen molar-refractivity contribution in [3.8, 4) is 11.5 Å². The highest BCUT2D eigenvalue weighted by atomic mass is 19.1. The van der Waals surface area contributed by atoms with Crippen molar-refractivity contribution >= 4 is 33.3 Å². The van der Waals surface area contributed by atoms with Crippen LogP contribution in [0.4, 0.5) is 15.9 Å². The number of rotatable bonds is 5. The Morgan fingerprint density at radius 3 is 2.79 bits per heavy atom. The molecule has 0 bridgehead atoms. The molecule has 6 rings (SSSR count). The molecule has 34 heavy (non-hydrogen) atoms. The Morgan fingerprint density at radius 1 is 1.00 bits per heavy atom. The zero-order chi connectivity index (χ0) is 23.1. The molecule has 3 aromatic heterocycles. The van der Waals surface area contributed by atoms with E-state index in [-0.39, 0.29) is 5.82 Å². The van der Waals surface area contributed by atoms with Gasteiger partial charge in [0, 0.05) is 28.9 Å². The van der Waals surface area contributed by atoms with Crippen LogP contribution in [0.25, 0.3) is 33.3 Å². The summed E-state index contributed by atoms with van der Waals surface area (Å²) in [6, 6.07) is 18.2. The summed E-state index contributed by atoms with van der Waals surface area (Å²) in [7, 11) is 0. The average molecular weight is 451 g/mol. The number of nitrogens with zero attached hydrogens (tertiary/aromatic N) is 6. The molecular formula is C25H18FN7O. The third-order valence-corrected chi connectivity index (χ3v) is 5.53. The summed E-state index contributed by atoms with van der Waals surface area (Å²) in [6.45, 7) is 2.24. The fourth-order valence-electron chi connectivity index (χ4n) is 3.94. The normalized spacial score (nSPS) is 11.4. The van der Waals surface area contributed by atoms with Gasteiger partial charge in [-0.2, -0.15) is 5.10 Å². The van der Waals surface area contributed by atoms with Gasteiger partial charge in [0.15, 0.2) is 0 Å². The standard InChI is InChI=1S/C25H18FN7O/c1-15-31-32-25(34-15)17-5-7-22-21(11-17)24(28-14-27-22)30-20-6-8-23-18(10-20)12-29-33(23)13-16-3-2-4-19(26)9-16/h2-12,14H,13H2,1H3,(H,27,28,30). The highest BCUT2D eigenvalue weighted by molar-refractivity contribution is 5.94. The van der Waals surface area contributed by atoms with Crippen LogP contribution in [-0.4, -0.2) is 29.9 Å². The van der Waals surface area contributed by atoms with Crippen LogP contribution in [0.5, 0.6) is 0 Å². The van der Waals surface area contributed by atoms with Crippen molar-refractivity contribution in [2.75, 3.05) is 5.32 Å². The molecule has 8 nitrogen and oxygen atoms in total. The lowest BCUT2D eigenvalue weighted by molar-refractivity contribution is 0.533. The Morgan fingerprint density at radius 2 is 1.94 bits per heavy atom. The largest absolute Gasteiger partial charge is 0.421 e. The van der Waals surface area contributed by atoms with Crippen LogP contribution in [0, 0.1) is 12.7 Å². The topological polar surface area (TPSA) is 94.5 Å². The molecule has 0 aliphatic carbocycles. The summed E-state index contributed by atoms with van der Waals surface area (Å²) < 4.78 is 21.0. The van der Waals surface area contributed by atoms with Crippen LogP contribution in [-0.2, 0) is 6.54 Å². The maximum absolute atomic E-state index is 13.5. The first kappa shape index (κ1) is 20.0. The first-order valence-electron chi connectivity index (χ1n) is 10.6. The van der Waals surface area contributed by atoms with Gasteiger partial charge >= 0.3 is 0 Å². The zero-order valence-corrected chi connectivity index (χ0v) is 18.1. The SMILES string of the molecule is Cc1nnc(-c2ccc3ncnc(Nc4ccc5c(cnn5Cc5cccc(F)c5)c4)c3c2)o1. The van der Waals surface area contributed by atoms with Crippen molar-refractivity contribution in [1.29, 1.82) is 0 Å². The number of hydrogen-bond acceptors (Lipinski definition) is 7. The van der Waals surface area contributed by atoms with E-state index in [1.54, 1.807) is 19.2 Å². The van der Waals surface area contributed by atoms with E-state index in [2.05, 4.69) is 30.6 Å². The van der Waals surface area contributed by atoms with Crippen LogP contribution in [0.15, 0.2) is 77.6 Å². The summed E-state index contributed by atoms with van der Waals surface area (Å²) in [5.41, 5.74) is 4.25. The fraction of sp³-hybridized carbons (Fsp3) is 0.0800. The van der Waals surface area contributed by atoms with Gasteiger partial charge < -0.3 is 9.73 Å². The molecule has 9 heteroatoms. The molecule has 166 valence electrons. The smallest absolute Gasteiger partial charge is 0.247 e. The fourth-order valence-corrected chi connectivity index (χ4v) is 3.94. The van der Waals surface area contributed by atoms with Crippen molar-refractivity contribution in [3.05, 3.63) is 90.5 Å². The highest BCUT2D eigenvalue weighted by Gasteiger charge is 2.11. The average Bonchev–Trinajstić information content (AvgIpc) is 3.45. The summed E-state index contributed by atoms with van der Waals surface area (Å²) in [6.07, 6.45) is 3.32. The first-order valence-corrected chi connectivity index (χ1v) is 10.6. The Hall–Kier alpha value is -4.66. The predicted octanol–water partition coefficient (Wildman–Crippen LogP) is 5.27. The van der Waals surface area contributed by atoms with Crippen molar-refractivity contribution in [1.82, 2.24) is 29.9 Å². The molecule has 0 unspecified atom stereocenters. The molecule has 0 aliphatic rings. The molecule has 0 spiro atoms. The van der Waals surface area contributed by atoms with Crippen LogP contribution in [0.3, 0.4) is 0 Å². The maximum atomic E-state index is 13.5. The van der Waals surface area contributed by atoms with E-state index >= 15 is 0 Å². The number of aryl methyl sites for hydroxylation is 1. The van der Waals surface area contributed by atoms with Gasteiger partial charge in [-0.15, -0.1) is 10.2 Å². The van der Waals surface area contributed by atoms with E-state index in [0.717, 1.165) is 38.6 Å². The van der Waals surface area contributed by atoms with Gasteiger partial charge in [-0.1, -0.05) is 12.1 Å². The number of nitrogens with one attached hydrogen (secondary N) is 1. The predicted molar refractivity (Wildman–Crippen MR) is 126 cm³/mol. The third-order valence-electron chi connectivity index (χ3n) is 5.53. The lowest BCUT2D eigenvalue weighted by Crippen LogP contribution is -2.01. The molecule has 0 saturated heterocycles. The molecule has 3 aromatic carbocycles. The summed E-state index contributed by atoms with van der Waals surface area (Å²) in [5, 5.41) is 17.7. The Bertz CT molecular complexity index is 1660. The highest BCUT2D eigenvalue weighted by Crippen LogP contribution is 2.29. The number of anilines is 2. The summed E-state index contributed by atoms with van der Waals surface area (Å²) >= 11 is 0. The van der Waals surface area contributed by atoms with Crippen LogP contribution in [0.1, 0.15) is 11.5 Å². The van der Waals surface area contributed by atoms with Crippen LogP contribution >= 0.6 is 0 Å². The van der Waals surface area contributed by atoms with E-state index < -0.39 is 0 Å². The minimum absolute atomic E-state index is 0.255. The maximum Gasteiger partial charge on any atom is 0.247 e. The van der Waals surface area contributed by atoms with Gasteiger partial charge in [0.25, 0.3) is 0 Å². The van der Waals surface area contributed by atoms with Gasteiger partial charge in [0.1, 0.15) is 18.0 Å². The van der Waals surface area contributed by atoms with E-state index in [4.69, 9.17) is 4.42 Å². The van der Waals surface area contributed by atoms with E-state index in [9.17, 15) is 4.39 Å². The lowest BCUT2D eigenvalue weighted by Gasteiger charge is -2.10. The number of halogens is 1. The second-order valence-electron chi connectivity index (χ2n) is 7.91. The zero-order valence-electron chi connectivity index (χ0n) is 18.1. The van der Waals surface area contributed by atoms with Gasteiger partial charge in [-0.05, 0) is 54.1 Å². The molecule has 0 atom stereocenters. The second kappa shape index (κ2) is 8.04. The summed E-state index contributed by atoms with van der Waals surface area (Å²) in [5.74, 6) is 1.36. The Balaban J connectivity index is 1.32. The first-order chi connectivity index (χ1) is 16.6. The molecule has 3 heterocycles. The van der Waals surface area contributed by atoms with Gasteiger partial charge in [-0.3, -0.25) is 4.68 Å². The van der Waals surface area contributed by atoms with Crippen molar-refractivity contribution in [2.24, 2.45) is 0 Å². The Labute approximate surface area is 193 Å². The monoisotopic (exact) mass is 451 g/mol. The minimum Gasteiger partial charge on any atom is -0.421 e. The van der Waals surface area contributed by atoms with E-state index in [0.29, 0.717) is 24.1 Å². The van der Waals surface area contributed by atoms with Crippen LogP contribution < -0.4 is 5.32 Å². The van der Waals surface area contributed by atoms with Gasteiger partial charge in [0.2, 0.25) is 11.8 Å². The van der Waals surface area contributed by atoms with Crippen molar-refractivity contribution < 1.29 is 8.81 Å². The third kappa shape index (κ3) is 3.73. The molecule has 0 aliphatic heterocycles. The van der Waals surface area contributed by atoms with Gasteiger partial charge in [0.05, 0.1) is 23.8 Å². The number of hydrogen-bond donors (Lipinski definition) is 1. The molecule has 0 radical (unpaired) electrons. The molecular weight excluding hydrogens is 433 g/mol. The van der Waals surface area contributed by atoms with Crippen LogP contribution in [0.2, 0.25) is 0 Å². The lowest BCUT2D eigenvalue weighted by atomic mass is 10.1. The Kier molecular flexibility index (Phi) is 4.72. The molecule has 0 fully saturated rings. The molecule has 6 aromatic rings. The van der Waals surface area contributed by atoms with E-state index in [1.165, 1.54) is 18.5 Å². The van der Waals surface area contributed by atoms with Crippen molar-refractivity contribution in [2.45, 2.75) is 13.5 Å². The van der Waals surface area contributed by atoms with Gasteiger partial charge in [-0.25, -0.2) is 14.4 Å². The molecule has 0 saturated carbocycles. The number of fused-ring (bicyclic) bond motifs is 2.